The molecule has 0 saturated carbocycles. The number of halogens is 1. The highest BCUT2D eigenvalue weighted by atomic mass is 35.5. The normalized spacial score (nSPS) is 17.1. The molecule has 2 aromatic heterocycles. The van der Waals surface area contributed by atoms with Crippen LogP contribution in [0.15, 0.2) is 23.4 Å². The summed E-state index contributed by atoms with van der Waals surface area (Å²) in [6.45, 7) is 4.81. The average Bonchev–Trinajstić information content (AvgIpc) is 2.94. The highest BCUT2D eigenvalue weighted by molar-refractivity contribution is 7.89. The highest BCUT2D eigenvalue weighted by Gasteiger charge is 2.21. The molecular formula is C13H18ClN5O2S. The van der Waals surface area contributed by atoms with E-state index in [9.17, 15) is 8.42 Å². The molecule has 1 aliphatic rings. The van der Waals surface area contributed by atoms with Crippen LogP contribution in [0, 0.1) is 0 Å². The minimum Gasteiger partial charge on any atom is -0.345 e. The zero-order valence-corrected chi connectivity index (χ0v) is 13.5. The maximum Gasteiger partial charge on any atom is 0.242 e. The van der Waals surface area contributed by atoms with Gasteiger partial charge in [-0.3, -0.25) is 4.90 Å². The van der Waals surface area contributed by atoms with Crippen LogP contribution in [0.25, 0.3) is 11.0 Å². The van der Waals surface area contributed by atoms with Crippen molar-refractivity contribution in [3.05, 3.63) is 23.5 Å². The third kappa shape index (κ3) is 3.26. The van der Waals surface area contributed by atoms with Crippen LogP contribution in [-0.2, 0) is 10.0 Å². The maximum atomic E-state index is 12.5. The Morgan fingerprint density at radius 3 is 2.91 bits per heavy atom. The quantitative estimate of drug-likeness (QED) is 0.731. The number of H-pyrrole nitrogens is 1. The maximum absolute atomic E-state index is 12.5. The number of piperazine rings is 1. The smallest absolute Gasteiger partial charge is 0.242 e. The third-order valence-electron chi connectivity index (χ3n) is 3.71. The predicted molar refractivity (Wildman–Crippen MR) is 85.6 cm³/mol. The van der Waals surface area contributed by atoms with Crippen molar-refractivity contribution in [3.63, 3.8) is 0 Å². The fraction of sp³-hybridized carbons (Fsp3) is 0.462. The molecule has 1 fully saturated rings. The Hall–Kier alpha value is -1.19. The van der Waals surface area contributed by atoms with Crippen LogP contribution in [0.4, 0.5) is 0 Å². The number of hydrogen-bond acceptors (Lipinski definition) is 5. The Morgan fingerprint density at radius 1 is 1.36 bits per heavy atom. The fourth-order valence-electron chi connectivity index (χ4n) is 2.55. The summed E-state index contributed by atoms with van der Waals surface area (Å²) in [5, 5.41) is 4.06. The average molecular weight is 344 g/mol. The van der Waals surface area contributed by atoms with E-state index in [4.69, 9.17) is 11.6 Å². The molecule has 9 heteroatoms. The van der Waals surface area contributed by atoms with Crippen molar-refractivity contribution in [3.8, 4) is 0 Å². The van der Waals surface area contributed by atoms with E-state index in [0.29, 0.717) is 29.1 Å². The SMILES string of the molecule is O=S(=O)(NCCN1CCNCC1)c1c[nH]c2nccc(Cl)c12. The Labute approximate surface area is 134 Å². The van der Waals surface area contributed by atoms with Gasteiger partial charge in [0.2, 0.25) is 10.0 Å². The first-order valence-corrected chi connectivity index (χ1v) is 8.98. The van der Waals surface area contributed by atoms with Gasteiger partial charge in [0.15, 0.2) is 0 Å². The first-order valence-electron chi connectivity index (χ1n) is 7.12. The molecule has 0 unspecified atom stereocenters. The molecule has 0 amide bonds. The van der Waals surface area contributed by atoms with Gasteiger partial charge in [0.1, 0.15) is 10.5 Å². The van der Waals surface area contributed by atoms with Crippen molar-refractivity contribution >= 4 is 32.7 Å². The number of hydrogen-bond donors (Lipinski definition) is 3. The van der Waals surface area contributed by atoms with Crippen LogP contribution >= 0.6 is 11.6 Å². The first kappa shape index (κ1) is 15.7. The van der Waals surface area contributed by atoms with Gasteiger partial charge in [0.25, 0.3) is 0 Å². The van der Waals surface area contributed by atoms with Crippen LogP contribution in [0.3, 0.4) is 0 Å². The molecular weight excluding hydrogens is 326 g/mol. The Morgan fingerprint density at radius 2 is 2.14 bits per heavy atom. The Bertz CT molecular complexity index is 755. The zero-order chi connectivity index (χ0) is 15.6. The summed E-state index contributed by atoms with van der Waals surface area (Å²) in [7, 11) is -3.61. The van der Waals surface area contributed by atoms with Crippen molar-refractivity contribution in [2.24, 2.45) is 0 Å². The van der Waals surface area contributed by atoms with Gasteiger partial charge in [-0.15, -0.1) is 0 Å². The molecule has 1 saturated heterocycles. The van der Waals surface area contributed by atoms with Crippen LogP contribution in [0.1, 0.15) is 0 Å². The topological polar surface area (TPSA) is 90.1 Å². The van der Waals surface area contributed by atoms with Gasteiger partial charge in [-0.1, -0.05) is 11.6 Å². The molecule has 1 aliphatic heterocycles. The molecule has 0 radical (unpaired) electrons. The minimum atomic E-state index is -3.61. The van der Waals surface area contributed by atoms with Crippen molar-refractivity contribution in [1.82, 2.24) is 24.9 Å². The molecule has 0 atom stereocenters. The Balaban J connectivity index is 1.71. The lowest BCUT2D eigenvalue weighted by Gasteiger charge is -2.27. The lowest BCUT2D eigenvalue weighted by Crippen LogP contribution is -2.46. The van der Waals surface area contributed by atoms with Gasteiger partial charge in [0, 0.05) is 51.7 Å². The minimum absolute atomic E-state index is 0.140. The molecule has 0 aliphatic carbocycles. The van der Waals surface area contributed by atoms with E-state index in [1.807, 2.05) is 0 Å². The van der Waals surface area contributed by atoms with Gasteiger partial charge >= 0.3 is 0 Å². The van der Waals surface area contributed by atoms with Crippen molar-refractivity contribution in [1.29, 1.82) is 0 Å². The van der Waals surface area contributed by atoms with Crippen molar-refractivity contribution in [2.75, 3.05) is 39.3 Å². The molecule has 3 rings (SSSR count). The van der Waals surface area contributed by atoms with E-state index in [1.165, 1.54) is 12.4 Å². The van der Waals surface area contributed by atoms with E-state index >= 15 is 0 Å². The van der Waals surface area contributed by atoms with Crippen molar-refractivity contribution in [2.45, 2.75) is 4.90 Å². The largest absolute Gasteiger partial charge is 0.345 e. The van der Waals surface area contributed by atoms with E-state index in [0.717, 1.165) is 26.2 Å². The summed E-state index contributed by atoms with van der Waals surface area (Å²) in [4.78, 5) is 9.29. The number of sulfonamides is 1. The third-order valence-corrected chi connectivity index (χ3v) is 5.51. The number of fused-ring (bicyclic) bond motifs is 1. The number of aromatic nitrogens is 2. The van der Waals surface area contributed by atoms with Gasteiger partial charge in [-0.05, 0) is 6.07 Å². The molecule has 3 heterocycles. The van der Waals surface area contributed by atoms with Crippen LogP contribution < -0.4 is 10.0 Å². The molecule has 22 heavy (non-hydrogen) atoms. The molecule has 0 aromatic carbocycles. The first-order chi connectivity index (χ1) is 10.6. The predicted octanol–water partition coefficient (Wildman–Crippen LogP) is 0.400. The number of pyridine rings is 1. The van der Waals surface area contributed by atoms with Gasteiger partial charge in [-0.2, -0.15) is 0 Å². The summed E-state index contributed by atoms with van der Waals surface area (Å²) >= 11 is 6.10. The summed E-state index contributed by atoms with van der Waals surface area (Å²) in [6.07, 6.45) is 2.96. The summed E-state index contributed by atoms with van der Waals surface area (Å²) in [5.74, 6) is 0. The van der Waals surface area contributed by atoms with E-state index in [2.05, 4.69) is 24.9 Å². The molecule has 120 valence electrons. The van der Waals surface area contributed by atoms with Crippen LogP contribution in [-0.4, -0.2) is 62.6 Å². The fourth-order valence-corrected chi connectivity index (χ4v) is 4.06. The van der Waals surface area contributed by atoms with Gasteiger partial charge in [0.05, 0.1) is 10.4 Å². The second-order valence-electron chi connectivity index (χ2n) is 5.16. The molecule has 3 N–H and O–H groups in total. The number of nitrogens with zero attached hydrogens (tertiary/aromatic N) is 2. The van der Waals surface area contributed by atoms with Crippen LogP contribution in [0.2, 0.25) is 5.02 Å². The molecule has 7 nitrogen and oxygen atoms in total. The van der Waals surface area contributed by atoms with E-state index in [1.54, 1.807) is 6.07 Å². The van der Waals surface area contributed by atoms with E-state index in [-0.39, 0.29) is 4.90 Å². The molecule has 0 spiro atoms. The zero-order valence-electron chi connectivity index (χ0n) is 12.0. The molecule has 2 aromatic rings. The summed E-state index contributed by atoms with van der Waals surface area (Å²) in [6, 6.07) is 1.58. The summed E-state index contributed by atoms with van der Waals surface area (Å²) < 4.78 is 27.5. The second-order valence-corrected chi connectivity index (χ2v) is 7.30. The molecule has 0 bridgehead atoms. The van der Waals surface area contributed by atoms with Crippen LogP contribution in [0.5, 0.6) is 0 Å². The van der Waals surface area contributed by atoms with Crippen molar-refractivity contribution < 1.29 is 8.42 Å². The number of aromatic amines is 1. The lowest BCUT2D eigenvalue weighted by atomic mass is 10.3. The van der Waals surface area contributed by atoms with Gasteiger partial charge < -0.3 is 10.3 Å². The number of nitrogens with one attached hydrogen (secondary N) is 3. The lowest BCUT2D eigenvalue weighted by molar-refractivity contribution is 0.245. The summed E-state index contributed by atoms with van der Waals surface area (Å²) in [5.41, 5.74) is 0.468. The Kier molecular flexibility index (Phi) is 4.65. The monoisotopic (exact) mass is 343 g/mol. The van der Waals surface area contributed by atoms with Gasteiger partial charge in [-0.25, -0.2) is 18.1 Å². The second kappa shape index (κ2) is 6.51. The standard InChI is InChI=1S/C13H18ClN5O2S/c14-10-1-2-16-13-12(10)11(9-17-13)22(20,21)18-5-8-19-6-3-15-4-7-19/h1-2,9,15,18H,3-8H2,(H,16,17). The van der Waals surface area contributed by atoms with E-state index < -0.39 is 10.0 Å². The number of rotatable bonds is 5. The highest BCUT2D eigenvalue weighted by Crippen LogP contribution is 2.27.